The lowest BCUT2D eigenvalue weighted by molar-refractivity contribution is 0.102. The van der Waals surface area contributed by atoms with Crippen molar-refractivity contribution in [3.8, 4) is 11.5 Å². The second-order valence-electron chi connectivity index (χ2n) is 5.61. The highest BCUT2D eigenvalue weighted by Gasteiger charge is 2.25. The molecule has 146 valence electrons. The zero-order chi connectivity index (χ0) is 20.2. The zero-order valence-electron chi connectivity index (χ0n) is 15.4. The number of nitrogens with one attached hydrogen (secondary N) is 1. The molecule has 0 spiro atoms. The van der Waals surface area contributed by atoms with Crippen LogP contribution in [-0.4, -0.2) is 41.3 Å². The molecule has 0 saturated carbocycles. The van der Waals surface area contributed by atoms with Crippen molar-refractivity contribution in [3.63, 3.8) is 0 Å². The van der Waals surface area contributed by atoms with E-state index in [-0.39, 0.29) is 17.8 Å². The molecule has 0 aliphatic heterocycles. The van der Waals surface area contributed by atoms with Gasteiger partial charge in [0.1, 0.15) is 0 Å². The summed E-state index contributed by atoms with van der Waals surface area (Å²) in [5.74, 6) is 0.192. The summed E-state index contributed by atoms with van der Waals surface area (Å²) < 4.78 is 37.0. The number of amides is 1. The van der Waals surface area contributed by atoms with E-state index in [1.165, 1.54) is 26.4 Å². The topological polar surface area (TPSA) is 84.9 Å². The summed E-state index contributed by atoms with van der Waals surface area (Å²) in [4.78, 5) is 12.9. The maximum Gasteiger partial charge on any atom is 0.257 e. The molecule has 0 radical (unpaired) electrons. The fourth-order valence-electron chi connectivity index (χ4n) is 2.57. The van der Waals surface area contributed by atoms with Crippen LogP contribution in [0.4, 0.5) is 11.4 Å². The third-order valence-corrected chi connectivity index (χ3v) is 5.59. The van der Waals surface area contributed by atoms with Crippen molar-refractivity contribution in [3.05, 3.63) is 46.4 Å². The van der Waals surface area contributed by atoms with Crippen molar-refractivity contribution in [2.24, 2.45) is 0 Å². The van der Waals surface area contributed by atoms with Gasteiger partial charge < -0.3 is 14.8 Å². The Balaban J connectivity index is 2.57. The normalized spacial score (nSPS) is 11.0. The molecule has 27 heavy (non-hydrogen) atoms. The number of methoxy groups -OCH3 is 2. The zero-order valence-corrected chi connectivity index (χ0v) is 17.8. The van der Waals surface area contributed by atoms with Crippen molar-refractivity contribution in [2.45, 2.75) is 6.92 Å². The Kier molecular flexibility index (Phi) is 6.72. The molecule has 0 saturated heterocycles. The number of sulfonamides is 1. The molecule has 7 nitrogen and oxygen atoms in total. The number of hydrogen-bond donors (Lipinski definition) is 1. The summed E-state index contributed by atoms with van der Waals surface area (Å²) in [6.45, 7) is 1.85. The number of ether oxygens (including phenoxy) is 2. The van der Waals surface area contributed by atoms with E-state index in [0.29, 0.717) is 17.2 Å². The van der Waals surface area contributed by atoms with Gasteiger partial charge >= 0.3 is 0 Å². The van der Waals surface area contributed by atoms with Crippen LogP contribution in [0.5, 0.6) is 11.5 Å². The molecule has 9 heteroatoms. The van der Waals surface area contributed by atoms with Crippen LogP contribution in [-0.2, 0) is 10.0 Å². The third-order valence-electron chi connectivity index (χ3n) is 3.80. The molecule has 2 aromatic carbocycles. The number of rotatable bonds is 7. The number of anilines is 2. The average molecular weight is 457 g/mol. The van der Waals surface area contributed by atoms with Crippen LogP contribution in [0.2, 0.25) is 0 Å². The second-order valence-corrected chi connectivity index (χ2v) is 8.44. The van der Waals surface area contributed by atoms with Crippen LogP contribution in [0.15, 0.2) is 40.9 Å². The Bertz CT molecular complexity index is 930. The molecule has 0 bridgehead atoms. The van der Waals surface area contributed by atoms with E-state index < -0.39 is 15.9 Å². The first-order valence-corrected chi connectivity index (χ1v) is 10.7. The van der Waals surface area contributed by atoms with E-state index in [1.54, 1.807) is 31.2 Å². The Labute approximate surface area is 167 Å². The molecular formula is C18H21BrN2O5S. The number of benzene rings is 2. The van der Waals surface area contributed by atoms with Crippen LogP contribution in [0.1, 0.15) is 17.3 Å². The lowest BCUT2D eigenvalue weighted by atomic mass is 10.1. The minimum atomic E-state index is -3.60. The minimum absolute atomic E-state index is 0.155. The number of nitrogens with zero attached hydrogens (tertiary/aromatic N) is 1. The lowest BCUT2D eigenvalue weighted by Gasteiger charge is -2.24. The van der Waals surface area contributed by atoms with Crippen molar-refractivity contribution in [1.82, 2.24) is 0 Å². The summed E-state index contributed by atoms with van der Waals surface area (Å²) in [5, 5.41) is 2.77. The molecule has 0 aliphatic rings. The molecule has 0 heterocycles. The maximum atomic E-state index is 12.9. The molecule has 1 amide bonds. The smallest absolute Gasteiger partial charge is 0.257 e. The van der Waals surface area contributed by atoms with E-state index in [4.69, 9.17) is 9.47 Å². The summed E-state index contributed by atoms with van der Waals surface area (Å²) in [5.41, 5.74) is 0.946. The van der Waals surface area contributed by atoms with Crippen LogP contribution < -0.4 is 19.1 Å². The van der Waals surface area contributed by atoms with Crippen molar-refractivity contribution >= 4 is 43.2 Å². The van der Waals surface area contributed by atoms with Gasteiger partial charge in [0.05, 0.1) is 31.7 Å². The predicted octanol–water partition coefficient (Wildman–Crippen LogP) is 3.50. The van der Waals surface area contributed by atoms with Gasteiger partial charge in [0, 0.05) is 22.8 Å². The van der Waals surface area contributed by atoms with E-state index in [0.717, 1.165) is 15.0 Å². The standard InChI is InChI=1S/C18H21BrN2O5S/c1-5-21(27(4,23)24)15-11-17(26-3)16(25-2)10-14(15)18(22)20-13-8-6-12(19)7-9-13/h6-11H,5H2,1-4H3,(H,20,22). The highest BCUT2D eigenvalue weighted by molar-refractivity contribution is 9.10. The molecule has 0 aromatic heterocycles. The summed E-state index contributed by atoms with van der Waals surface area (Å²) in [7, 11) is -0.705. The van der Waals surface area contributed by atoms with Crippen molar-refractivity contribution in [1.29, 1.82) is 0 Å². The fraction of sp³-hybridized carbons (Fsp3) is 0.278. The Hall–Kier alpha value is -2.26. The first-order chi connectivity index (χ1) is 12.7. The number of hydrogen-bond acceptors (Lipinski definition) is 5. The molecule has 2 aromatic rings. The maximum absolute atomic E-state index is 12.9. The first kappa shape index (κ1) is 21.0. The van der Waals surface area contributed by atoms with Gasteiger partial charge in [-0.05, 0) is 37.3 Å². The van der Waals surface area contributed by atoms with Crippen LogP contribution >= 0.6 is 15.9 Å². The van der Waals surface area contributed by atoms with Crippen LogP contribution in [0, 0.1) is 0 Å². The SMILES string of the molecule is CCN(c1cc(OC)c(OC)cc1C(=O)Nc1ccc(Br)cc1)S(C)(=O)=O. The van der Waals surface area contributed by atoms with E-state index in [2.05, 4.69) is 21.2 Å². The molecule has 0 aliphatic carbocycles. The van der Waals surface area contributed by atoms with Gasteiger partial charge in [0.2, 0.25) is 10.0 Å². The summed E-state index contributed by atoms with van der Waals surface area (Å²) in [6, 6.07) is 10.0. The van der Waals surface area contributed by atoms with E-state index in [1.807, 2.05) is 0 Å². The van der Waals surface area contributed by atoms with Crippen LogP contribution in [0.25, 0.3) is 0 Å². The second kappa shape index (κ2) is 8.62. The minimum Gasteiger partial charge on any atom is -0.493 e. The highest BCUT2D eigenvalue weighted by Crippen LogP contribution is 2.36. The Morgan fingerprint density at radius 2 is 1.67 bits per heavy atom. The Morgan fingerprint density at radius 3 is 2.15 bits per heavy atom. The fourth-order valence-corrected chi connectivity index (χ4v) is 3.81. The van der Waals surface area contributed by atoms with E-state index in [9.17, 15) is 13.2 Å². The van der Waals surface area contributed by atoms with Gasteiger partial charge in [-0.2, -0.15) is 0 Å². The Morgan fingerprint density at radius 1 is 1.11 bits per heavy atom. The molecule has 1 N–H and O–H groups in total. The molecule has 0 fully saturated rings. The quantitative estimate of drug-likeness (QED) is 0.688. The van der Waals surface area contributed by atoms with Gasteiger partial charge in [0.25, 0.3) is 5.91 Å². The number of carbonyl (C=O) groups excluding carboxylic acids is 1. The summed E-state index contributed by atoms with van der Waals surface area (Å²) >= 11 is 3.34. The number of halogens is 1. The molecule has 2 rings (SSSR count). The predicted molar refractivity (Wildman–Crippen MR) is 110 cm³/mol. The van der Waals surface area contributed by atoms with Crippen molar-refractivity contribution < 1.29 is 22.7 Å². The van der Waals surface area contributed by atoms with Gasteiger partial charge in [-0.15, -0.1) is 0 Å². The van der Waals surface area contributed by atoms with Gasteiger partial charge in [-0.3, -0.25) is 9.10 Å². The highest BCUT2D eigenvalue weighted by atomic mass is 79.9. The first-order valence-electron chi connectivity index (χ1n) is 8.02. The van der Waals surface area contributed by atoms with Gasteiger partial charge in [-0.1, -0.05) is 15.9 Å². The lowest BCUT2D eigenvalue weighted by Crippen LogP contribution is -2.31. The third kappa shape index (κ3) is 4.92. The van der Waals surface area contributed by atoms with Crippen molar-refractivity contribution in [2.75, 3.05) is 36.6 Å². The summed E-state index contributed by atoms with van der Waals surface area (Å²) in [6.07, 6.45) is 1.09. The van der Waals surface area contributed by atoms with Gasteiger partial charge in [-0.25, -0.2) is 8.42 Å². The largest absolute Gasteiger partial charge is 0.493 e. The molecule has 0 unspecified atom stereocenters. The number of carbonyl (C=O) groups is 1. The van der Waals surface area contributed by atoms with E-state index >= 15 is 0 Å². The average Bonchev–Trinajstić information content (AvgIpc) is 2.62. The van der Waals surface area contributed by atoms with Gasteiger partial charge in [0.15, 0.2) is 11.5 Å². The monoisotopic (exact) mass is 456 g/mol. The van der Waals surface area contributed by atoms with Crippen LogP contribution in [0.3, 0.4) is 0 Å². The molecule has 0 atom stereocenters. The molecular weight excluding hydrogens is 436 g/mol.